The summed E-state index contributed by atoms with van der Waals surface area (Å²) in [6.07, 6.45) is 1.12. The number of para-hydroxylation sites is 1. The summed E-state index contributed by atoms with van der Waals surface area (Å²) in [6, 6.07) is 19.4. The summed E-state index contributed by atoms with van der Waals surface area (Å²) >= 11 is 0. The number of benzene rings is 3. The van der Waals surface area contributed by atoms with Crippen molar-refractivity contribution >= 4 is 49.1 Å². The normalized spacial score (nSPS) is 11.8. The summed E-state index contributed by atoms with van der Waals surface area (Å²) < 4.78 is 28.4. The van der Waals surface area contributed by atoms with E-state index in [2.05, 4.69) is 28.9 Å². The summed E-state index contributed by atoms with van der Waals surface area (Å²) in [5.74, 6) is -0.394. The molecule has 0 radical (unpaired) electrons. The lowest BCUT2D eigenvalue weighted by Crippen LogP contribution is -2.38. The molecule has 0 bridgehead atoms. The van der Waals surface area contributed by atoms with Crippen molar-refractivity contribution in [2.75, 3.05) is 22.4 Å². The van der Waals surface area contributed by atoms with Crippen LogP contribution in [0.4, 0.5) is 11.4 Å². The second-order valence-electron chi connectivity index (χ2n) is 8.03. The van der Waals surface area contributed by atoms with Gasteiger partial charge in [0, 0.05) is 34.0 Å². The highest BCUT2D eigenvalue weighted by atomic mass is 32.2. The molecule has 1 amide bonds. The monoisotopic (exact) mass is 449 g/mol. The van der Waals surface area contributed by atoms with Crippen LogP contribution in [0.5, 0.6) is 0 Å². The first-order valence-corrected chi connectivity index (χ1v) is 12.4. The minimum Gasteiger partial charge on any atom is -0.341 e. The molecule has 166 valence electrons. The highest BCUT2D eigenvalue weighted by molar-refractivity contribution is 7.92. The fourth-order valence-electron chi connectivity index (χ4n) is 4.19. The smallest absolute Gasteiger partial charge is 0.245 e. The zero-order valence-electron chi connectivity index (χ0n) is 18.7. The fourth-order valence-corrected chi connectivity index (χ4v) is 5.10. The molecule has 0 unspecified atom stereocenters. The van der Waals surface area contributed by atoms with Crippen molar-refractivity contribution in [3.8, 4) is 0 Å². The number of carbonyl (C=O) groups is 1. The first-order valence-electron chi connectivity index (χ1n) is 10.6. The standard InChI is InChI=1S/C25H27N3O3S/c1-5-27-23-11-7-6-10-20(23)21-15-19(13-14-24(21)27)26-25(29)16-28(32(4,30)31)22-12-8-9-17(2)18(22)3/h6-15H,5,16H2,1-4H3,(H,26,29). The Balaban J connectivity index is 1.66. The van der Waals surface area contributed by atoms with Crippen LogP contribution >= 0.6 is 0 Å². The number of nitrogens with zero attached hydrogens (tertiary/aromatic N) is 2. The van der Waals surface area contributed by atoms with Gasteiger partial charge >= 0.3 is 0 Å². The third kappa shape index (κ3) is 3.96. The molecule has 0 aliphatic rings. The molecule has 0 saturated heterocycles. The van der Waals surface area contributed by atoms with Gasteiger partial charge in [0.25, 0.3) is 0 Å². The average Bonchev–Trinajstić information content (AvgIpc) is 3.06. The Labute approximate surface area is 188 Å². The van der Waals surface area contributed by atoms with Crippen molar-refractivity contribution in [3.05, 3.63) is 71.8 Å². The van der Waals surface area contributed by atoms with E-state index in [1.807, 2.05) is 50.2 Å². The molecule has 0 fully saturated rings. The summed E-state index contributed by atoms with van der Waals surface area (Å²) in [5, 5.41) is 5.05. The third-order valence-electron chi connectivity index (χ3n) is 5.90. The van der Waals surface area contributed by atoms with Crippen molar-refractivity contribution in [1.82, 2.24) is 4.57 Å². The minimum absolute atomic E-state index is 0.294. The highest BCUT2D eigenvalue weighted by Crippen LogP contribution is 2.31. The lowest BCUT2D eigenvalue weighted by Gasteiger charge is -2.24. The van der Waals surface area contributed by atoms with Gasteiger partial charge in [0.1, 0.15) is 6.54 Å². The van der Waals surface area contributed by atoms with Gasteiger partial charge in [-0.1, -0.05) is 30.3 Å². The second-order valence-corrected chi connectivity index (χ2v) is 9.94. The number of amides is 1. The van der Waals surface area contributed by atoms with E-state index in [1.165, 1.54) is 0 Å². The van der Waals surface area contributed by atoms with Crippen molar-refractivity contribution < 1.29 is 13.2 Å². The van der Waals surface area contributed by atoms with Gasteiger partial charge in [-0.15, -0.1) is 0 Å². The quantitative estimate of drug-likeness (QED) is 0.458. The maximum atomic E-state index is 12.9. The summed E-state index contributed by atoms with van der Waals surface area (Å²) in [6.45, 7) is 6.43. The maximum Gasteiger partial charge on any atom is 0.245 e. The van der Waals surface area contributed by atoms with Crippen LogP contribution in [0.1, 0.15) is 18.1 Å². The van der Waals surface area contributed by atoms with E-state index in [9.17, 15) is 13.2 Å². The third-order valence-corrected chi connectivity index (χ3v) is 7.03. The highest BCUT2D eigenvalue weighted by Gasteiger charge is 2.23. The molecule has 1 N–H and O–H groups in total. The Morgan fingerprint density at radius 3 is 2.41 bits per heavy atom. The number of hydrogen-bond acceptors (Lipinski definition) is 3. The van der Waals surface area contributed by atoms with E-state index in [1.54, 1.807) is 12.1 Å². The molecule has 1 heterocycles. The SMILES string of the molecule is CCn1c2ccccc2c2cc(NC(=O)CN(c3cccc(C)c3C)S(C)(=O)=O)ccc21. The lowest BCUT2D eigenvalue weighted by atomic mass is 10.1. The molecule has 0 spiro atoms. The first-order chi connectivity index (χ1) is 15.2. The van der Waals surface area contributed by atoms with Crippen LogP contribution in [0, 0.1) is 13.8 Å². The summed E-state index contributed by atoms with van der Waals surface area (Å²) in [7, 11) is -3.64. The average molecular weight is 450 g/mol. The molecule has 0 aliphatic carbocycles. The lowest BCUT2D eigenvalue weighted by molar-refractivity contribution is -0.114. The molecule has 7 heteroatoms. The first kappa shape index (κ1) is 21.9. The van der Waals surface area contributed by atoms with Gasteiger partial charge in [-0.2, -0.15) is 0 Å². The molecule has 6 nitrogen and oxygen atoms in total. The van der Waals surface area contributed by atoms with Crippen molar-refractivity contribution in [3.63, 3.8) is 0 Å². The van der Waals surface area contributed by atoms with Gasteiger partial charge in [0.15, 0.2) is 0 Å². The second kappa shape index (κ2) is 8.31. The van der Waals surface area contributed by atoms with E-state index in [0.717, 1.165) is 50.0 Å². The number of carbonyl (C=O) groups excluding carboxylic acids is 1. The van der Waals surface area contributed by atoms with Gasteiger partial charge in [0.05, 0.1) is 11.9 Å². The Hall–Kier alpha value is -3.32. The largest absolute Gasteiger partial charge is 0.341 e. The Bertz CT molecular complexity index is 1440. The van der Waals surface area contributed by atoms with Crippen LogP contribution in [0.25, 0.3) is 21.8 Å². The Morgan fingerprint density at radius 2 is 1.69 bits per heavy atom. The predicted molar refractivity (Wildman–Crippen MR) is 132 cm³/mol. The maximum absolute atomic E-state index is 12.9. The molecule has 1 aromatic heterocycles. The molecule has 3 aromatic carbocycles. The molecular formula is C25H27N3O3S. The van der Waals surface area contributed by atoms with E-state index in [4.69, 9.17) is 0 Å². The molecule has 4 aromatic rings. The zero-order valence-corrected chi connectivity index (χ0v) is 19.5. The number of anilines is 2. The fraction of sp³-hybridized carbons (Fsp3) is 0.240. The molecule has 32 heavy (non-hydrogen) atoms. The molecule has 0 aliphatic heterocycles. The van der Waals surface area contributed by atoms with Crippen LogP contribution in [-0.2, 0) is 21.4 Å². The molecular weight excluding hydrogens is 422 g/mol. The molecule has 4 rings (SSSR count). The van der Waals surface area contributed by atoms with Crippen molar-refractivity contribution in [2.45, 2.75) is 27.3 Å². The van der Waals surface area contributed by atoms with E-state index in [-0.39, 0.29) is 6.54 Å². The molecule has 0 atom stereocenters. The van der Waals surface area contributed by atoms with Crippen LogP contribution < -0.4 is 9.62 Å². The predicted octanol–water partition coefficient (Wildman–Crippen LogP) is 4.84. The molecule has 0 saturated carbocycles. The van der Waals surface area contributed by atoms with Crippen LogP contribution in [-0.4, -0.2) is 31.7 Å². The van der Waals surface area contributed by atoms with Crippen molar-refractivity contribution in [2.24, 2.45) is 0 Å². The van der Waals surface area contributed by atoms with E-state index < -0.39 is 15.9 Å². The Kier molecular flexibility index (Phi) is 5.69. The number of aryl methyl sites for hydroxylation is 2. The van der Waals surface area contributed by atoms with E-state index >= 15 is 0 Å². The Morgan fingerprint density at radius 1 is 0.969 bits per heavy atom. The topological polar surface area (TPSA) is 71.4 Å². The number of sulfonamides is 1. The van der Waals surface area contributed by atoms with Crippen LogP contribution in [0.15, 0.2) is 60.7 Å². The number of hydrogen-bond donors (Lipinski definition) is 1. The van der Waals surface area contributed by atoms with Gasteiger partial charge in [-0.05, 0) is 62.2 Å². The van der Waals surface area contributed by atoms with Crippen molar-refractivity contribution in [1.29, 1.82) is 0 Å². The number of fused-ring (bicyclic) bond motifs is 3. The van der Waals surface area contributed by atoms with Crippen LogP contribution in [0.2, 0.25) is 0 Å². The van der Waals surface area contributed by atoms with Gasteiger partial charge < -0.3 is 9.88 Å². The van der Waals surface area contributed by atoms with Gasteiger partial charge in [0.2, 0.25) is 15.9 Å². The minimum atomic E-state index is -3.64. The summed E-state index contributed by atoms with van der Waals surface area (Å²) in [5.41, 5.74) is 5.19. The zero-order chi connectivity index (χ0) is 23.0. The number of aromatic nitrogens is 1. The number of nitrogens with one attached hydrogen (secondary N) is 1. The van der Waals surface area contributed by atoms with Gasteiger partial charge in [-0.3, -0.25) is 9.10 Å². The van der Waals surface area contributed by atoms with E-state index in [0.29, 0.717) is 11.4 Å². The number of rotatable bonds is 6. The van der Waals surface area contributed by atoms with Gasteiger partial charge in [-0.25, -0.2) is 8.42 Å². The van der Waals surface area contributed by atoms with Crippen LogP contribution in [0.3, 0.4) is 0 Å². The summed E-state index contributed by atoms with van der Waals surface area (Å²) in [4.78, 5) is 12.9.